The van der Waals surface area contributed by atoms with Crippen molar-refractivity contribution in [1.82, 2.24) is 15.1 Å². The number of nitrogens with one attached hydrogen (secondary N) is 2. The Labute approximate surface area is 132 Å². The van der Waals surface area contributed by atoms with Gasteiger partial charge in [-0.3, -0.25) is 4.68 Å². The van der Waals surface area contributed by atoms with Gasteiger partial charge in [0.15, 0.2) is 0 Å². The van der Waals surface area contributed by atoms with Crippen LogP contribution >= 0.6 is 0 Å². The van der Waals surface area contributed by atoms with E-state index in [4.69, 9.17) is 4.74 Å². The van der Waals surface area contributed by atoms with Crippen LogP contribution in [0.5, 0.6) is 0 Å². The minimum Gasteiger partial charge on any atom is -0.444 e. The average molecular weight is 308 g/mol. The van der Waals surface area contributed by atoms with Gasteiger partial charge in [-0.25, -0.2) is 4.79 Å². The van der Waals surface area contributed by atoms with Gasteiger partial charge in [0.1, 0.15) is 5.60 Å². The summed E-state index contributed by atoms with van der Waals surface area (Å²) < 4.78 is 7.18. The summed E-state index contributed by atoms with van der Waals surface area (Å²) in [5, 5.41) is 11.0. The Morgan fingerprint density at radius 3 is 2.73 bits per heavy atom. The molecule has 0 aromatic carbocycles. The van der Waals surface area contributed by atoms with Crippen molar-refractivity contribution in [3.8, 4) is 0 Å². The Balaban J connectivity index is 1.97. The molecular formula is C16H28N4O2. The number of carbonyl (C=O) groups is 1. The van der Waals surface area contributed by atoms with Crippen LogP contribution < -0.4 is 10.6 Å². The normalized spacial score (nSPS) is 21.7. The zero-order valence-corrected chi connectivity index (χ0v) is 14.3. The van der Waals surface area contributed by atoms with Crippen molar-refractivity contribution < 1.29 is 9.53 Å². The summed E-state index contributed by atoms with van der Waals surface area (Å²) in [6.45, 7) is 7.72. The second-order valence-corrected chi connectivity index (χ2v) is 6.95. The SMILES string of the molecule is CCc1nn(C)cc1NC1CCCC1NC(=O)OC(C)(C)C. The van der Waals surface area contributed by atoms with E-state index in [1.165, 1.54) is 0 Å². The number of aromatic nitrogens is 2. The summed E-state index contributed by atoms with van der Waals surface area (Å²) in [5.41, 5.74) is 1.66. The zero-order valence-electron chi connectivity index (χ0n) is 14.3. The number of carbonyl (C=O) groups excluding carboxylic acids is 1. The third-order valence-electron chi connectivity index (χ3n) is 3.80. The van der Waals surface area contributed by atoms with Crippen molar-refractivity contribution in [3.63, 3.8) is 0 Å². The third kappa shape index (κ3) is 4.39. The predicted octanol–water partition coefficient (Wildman–Crippen LogP) is 2.84. The number of hydrogen-bond donors (Lipinski definition) is 2. The lowest BCUT2D eigenvalue weighted by molar-refractivity contribution is 0.0503. The molecule has 1 fully saturated rings. The van der Waals surface area contributed by atoms with E-state index < -0.39 is 5.60 Å². The molecule has 6 heteroatoms. The van der Waals surface area contributed by atoms with Crippen LogP contribution in [0.15, 0.2) is 6.20 Å². The van der Waals surface area contributed by atoms with Gasteiger partial charge < -0.3 is 15.4 Å². The van der Waals surface area contributed by atoms with E-state index in [0.717, 1.165) is 37.1 Å². The number of rotatable bonds is 4. The first-order chi connectivity index (χ1) is 10.3. The van der Waals surface area contributed by atoms with Gasteiger partial charge in [-0.2, -0.15) is 5.10 Å². The molecule has 6 nitrogen and oxygen atoms in total. The Hall–Kier alpha value is -1.72. The largest absolute Gasteiger partial charge is 0.444 e. The van der Waals surface area contributed by atoms with Crippen LogP contribution in [0.1, 0.15) is 52.7 Å². The lowest BCUT2D eigenvalue weighted by Gasteiger charge is -2.25. The fourth-order valence-electron chi connectivity index (χ4n) is 2.88. The van der Waals surface area contributed by atoms with Gasteiger partial charge >= 0.3 is 6.09 Å². The van der Waals surface area contributed by atoms with E-state index in [1.54, 1.807) is 0 Å². The molecule has 0 saturated heterocycles. The molecule has 1 aliphatic rings. The fraction of sp³-hybridized carbons (Fsp3) is 0.750. The van der Waals surface area contributed by atoms with Crippen LogP contribution in [0.3, 0.4) is 0 Å². The van der Waals surface area contributed by atoms with Crippen LogP contribution in [-0.2, 0) is 18.2 Å². The Morgan fingerprint density at radius 2 is 2.09 bits per heavy atom. The molecule has 1 heterocycles. The minimum atomic E-state index is -0.468. The number of amides is 1. The summed E-state index contributed by atoms with van der Waals surface area (Å²) in [7, 11) is 1.93. The summed E-state index contributed by atoms with van der Waals surface area (Å²) in [6, 6.07) is 0.321. The van der Waals surface area contributed by atoms with Crippen molar-refractivity contribution in [2.75, 3.05) is 5.32 Å². The molecule has 2 unspecified atom stereocenters. The molecule has 0 aliphatic heterocycles. The average Bonchev–Trinajstić information content (AvgIpc) is 2.94. The highest BCUT2D eigenvalue weighted by Crippen LogP contribution is 2.25. The van der Waals surface area contributed by atoms with Crippen LogP contribution in [0, 0.1) is 0 Å². The first-order valence-electron chi connectivity index (χ1n) is 8.07. The monoisotopic (exact) mass is 308 g/mol. The van der Waals surface area contributed by atoms with Gasteiger partial charge in [-0.15, -0.1) is 0 Å². The molecule has 0 spiro atoms. The molecule has 2 N–H and O–H groups in total. The van der Waals surface area contributed by atoms with Gasteiger partial charge in [-0.1, -0.05) is 6.92 Å². The van der Waals surface area contributed by atoms with E-state index in [2.05, 4.69) is 22.7 Å². The maximum Gasteiger partial charge on any atom is 0.407 e. The van der Waals surface area contributed by atoms with Crippen molar-refractivity contribution in [3.05, 3.63) is 11.9 Å². The van der Waals surface area contributed by atoms with Crippen molar-refractivity contribution in [2.45, 2.75) is 71.1 Å². The minimum absolute atomic E-state index is 0.0970. The number of nitrogens with zero attached hydrogens (tertiary/aromatic N) is 2. The van der Waals surface area contributed by atoms with E-state index in [9.17, 15) is 4.79 Å². The maximum absolute atomic E-state index is 12.0. The summed E-state index contributed by atoms with van der Waals surface area (Å²) in [4.78, 5) is 12.0. The molecule has 1 saturated carbocycles. The molecule has 2 rings (SSSR count). The lowest BCUT2D eigenvalue weighted by atomic mass is 10.1. The smallest absolute Gasteiger partial charge is 0.407 e. The maximum atomic E-state index is 12.0. The van der Waals surface area contributed by atoms with Crippen LogP contribution in [0.2, 0.25) is 0 Å². The number of hydrogen-bond acceptors (Lipinski definition) is 4. The number of anilines is 1. The zero-order chi connectivity index (χ0) is 16.3. The highest BCUT2D eigenvalue weighted by Gasteiger charge is 2.30. The van der Waals surface area contributed by atoms with E-state index >= 15 is 0 Å². The van der Waals surface area contributed by atoms with Crippen molar-refractivity contribution in [1.29, 1.82) is 0 Å². The van der Waals surface area contributed by atoms with Gasteiger partial charge in [0.2, 0.25) is 0 Å². The van der Waals surface area contributed by atoms with Gasteiger partial charge in [-0.05, 0) is 46.5 Å². The first kappa shape index (κ1) is 16.6. The predicted molar refractivity (Wildman–Crippen MR) is 87.0 cm³/mol. The molecule has 22 heavy (non-hydrogen) atoms. The standard InChI is InChI=1S/C16H28N4O2/c1-6-11-14(10-20(5)19-11)17-12-8-7-9-13(12)18-15(21)22-16(2,3)4/h10,12-13,17H,6-9H2,1-5H3,(H,18,21). The first-order valence-corrected chi connectivity index (χ1v) is 8.07. The van der Waals surface area contributed by atoms with Gasteiger partial charge in [0.05, 0.1) is 17.4 Å². The quantitative estimate of drug-likeness (QED) is 0.897. The topological polar surface area (TPSA) is 68.2 Å². The lowest BCUT2D eigenvalue weighted by Crippen LogP contribution is -2.45. The second-order valence-electron chi connectivity index (χ2n) is 6.95. The van der Waals surface area contributed by atoms with Crippen molar-refractivity contribution >= 4 is 11.8 Å². The molecule has 124 valence electrons. The summed E-state index contributed by atoms with van der Waals surface area (Å²) in [5.74, 6) is 0. The molecule has 1 aromatic rings. The van der Waals surface area contributed by atoms with Gasteiger partial charge in [0, 0.05) is 19.3 Å². The second kappa shape index (κ2) is 6.58. The van der Waals surface area contributed by atoms with E-state index in [-0.39, 0.29) is 18.2 Å². The molecule has 2 atom stereocenters. The van der Waals surface area contributed by atoms with Crippen molar-refractivity contribution in [2.24, 2.45) is 7.05 Å². The molecule has 0 bridgehead atoms. The summed E-state index contributed by atoms with van der Waals surface area (Å²) >= 11 is 0. The Kier molecular flexibility index (Phi) is 4.98. The van der Waals surface area contributed by atoms with E-state index in [1.807, 2.05) is 38.7 Å². The highest BCUT2D eigenvalue weighted by atomic mass is 16.6. The highest BCUT2D eigenvalue weighted by molar-refractivity contribution is 5.68. The number of alkyl carbamates (subject to hydrolysis) is 1. The molecule has 1 amide bonds. The molecule has 0 radical (unpaired) electrons. The molecule has 1 aromatic heterocycles. The summed E-state index contributed by atoms with van der Waals surface area (Å²) in [6.07, 6.45) is 5.66. The van der Waals surface area contributed by atoms with Crippen LogP contribution in [-0.4, -0.2) is 33.6 Å². The number of ether oxygens (including phenoxy) is 1. The Bertz CT molecular complexity index is 519. The van der Waals surface area contributed by atoms with E-state index in [0.29, 0.717) is 0 Å². The van der Waals surface area contributed by atoms with Gasteiger partial charge in [0.25, 0.3) is 0 Å². The number of aryl methyl sites for hydroxylation is 2. The Morgan fingerprint density at radius 1 is 1.41 bits per heavy atom. The molecule has 1 aliphatic carbocycles. The molecular weight excluding hydrogens is 280 g/mol. The third-order valence-corrected chi connectivity index (χ3v) is 3.80. The fourth-order valence-corrected chi connectivity index (χ4v) is 2.88. The van der Waals surface area contributed by atoms with Crippen LogP contribution in [0.25, 0.3) is 0 Å². The van der Waals surface area contributed by atoms with Crippen LogP contribution in [0.4, 0.5) is 10.5 Å².